The molecule has 4 rings (SSSR count). The third kappa shape index (κ3) is 2.52. The number of carbonyl (C=O) groups excluding carboxylic acids is 2. The van der Waals surface area contributed by atoms with Gasteiger partial charge in [-0.05, 0) is 50.4 Å². The number of hydrogen-bond donors (Lipinski definition) is 2. The largest absolute Gasteiger partial charge is 0.465 e. The number of cyclic esters (lactones) is 1. The van der Waals surface area contributed by atoms with Gasteiger partial charge in [-0.1, -0.05) is 6.92 Å². The Morgan fingerprint density at radius 3 is 2.60 bits per heavy atom. The summed E-state index contributed by atoms with van der Waals surface area (Å²) < 4.78 is 11.4. The standard InChI is InChI=1S/C19H28O6/c1-18-8-15(21)14(20)7-13(18)17(23)24-9-10-11(18)5-6-19(2)12(10)3-4-16(22)25-19/h10-15,20-21H,3-9H2,1-2H3/t10-,11+,12+,13-,14+,15-,18-,19+/m1/s1. The number of rotatable bonds is 0. The van der Waals surface area contributed by atoms with Crippen LogP contribution in [-0.2, 0) is 19.1 Å². The van der Waals surface area contributed by atoms with Crippen molar-refractivity contribution in [2.45, 2.75) is 70.2 Å². The van der Waals surface area contributed by atoms with Crippen LogP contribution in [0.2, 0.25) is 0 Å². The molecule has 6 heteroatoms. The minimum absolute atomic E-state index is 0.133. The lowest BCUT2D eigenvalue weighted by Gasteiger charge is -2.56. The molecule has 0 aromatic heterocycles. The lowest BCUT2D eigenvalue weighted by Crippen LogP contribution is -2.58. The molecule has 0 aromatic carbocycles. The molecule has 140 valence electrons. The second-order valence-corrected chi connectivity index (χ2v) is 9.00. The van der Waals surface area contributed by atoms with Crippen LogP contribution in [0, 0.1) is 29.1 Å². The van der Waals surface area contributed by atoms with Gasteiger partial charge in [0.1, 0.15) is 5.60 Å². The lowest BCUT2D eigenvalue weighted by molar-refractivity contribution is -0.197. The van der Waals surface area contributed by atoms with Gasteiger partial charge < -0.3 is 19.7 Å². The summed E-state index contributed by atoms with van der Waals surface area (Å²) in [7, 11) is 0. The van der Waals surface area contributed by atoms with Crippen molar-refractivity contribution in [2.75, 3.05) is 6.61 Å². The maximum Gasteiger partial charge on any atom is 0.309 e. The average molecular weight is 352 g/mol. The van der Waals surface area contributed by atoms with E-state index in [-0.39, 0.29) is 47.4 Å². The van der Waals surface area contributed by atoms with E-state index in [0.717, 1.165) is 19.3 Å². The van der Waals surface area contributed by atoms with E-state index in [2.05, 4.69) is 6.92 Å². The first kappa shape index (κ1) is 17.3. The number of aliphatic hydroxyl groups excluding tert-OH is 2. The highest BCUT2D eigenvalue weighted by molar-refractivity contribution is 5.74. The molecule has 0 aromatic rings. The molecule has 0 amide bonds. The van der Waals surface area contributed by atoms with Crippen molar-refractivity contribution in [3.8, 4) is 0 Å². The number of esters is 2. The minimum Gasteiger partial charge on any atom is -0.465 e. The van der Waals surface area contributed by atoms with E-state index in [0.29, 0.717) is 19.4 Å². The summed E-state index contributed by atoms with van der Waals surface area (Å²) in [6.45, 7) is 4.44. The van der Waals surface area contributed by atoms with E-state index in [4.69, 9.17) is 9.47 Å². The van der Waals surface area contributed by atoms with Gasteiger partial charge in [-0.15, -0.1) is 0 Å². The topological polar surface area (TPSA) is 93.1 Å². The van der Waals surface area contributed by atoms with E-state index < -0.39 is 17.8 Å². The van der Waals surface area contributed by atoms with Gasteiger partial charge in [0.2, 0.25) is 0 Å². The number of carbonyl (C=O) groups is 2. The monoisotopic (exact) mass is 352 g/mol. The molecule has 4 aliphatic rings. The van der Waals surface area contributed by atoms with Crippen LogP contribution in [0.1, 0.15) is 52.4 Å². The molecule has 4 fully saturated rings. The summed E-state index contributed by atoms with van der Waals surface area (Å²) in [4.78, 5) is 24.4. The van der Waals surface area contributed by atoms with Crippen LogP contribution >= 0.6 is 0 Å². The van der Waals surface area contributed by atoms with Crippen molar-refractivity contribution in [3.63, 3.8) is 0 Å². The van der Waals surface area contributed by atoms with Crippen LogP contribution in [0.15, 0.2) is 0 Å². The van der Waals surface area contributed by atoms with Gasteiger partial charge in [-0.25, -0.2) is 0 Å². The van der Waals surface area contributed by atoms with Crippen LogP contribution in [-0.4, -0.2) is 46.6 Å². The molecule has 2 aliphatic heterocycles. The van der Waals surface area contributed by atoms with Crippen LogP contribution in [0.3, 0.4) is 0 Å². The molecule has 2 aliphatic carbocycles. The second-order valence-electron chi connectivity index (χ2n) is 9.00. The Kier molecular flexibility index (Phi) is 3.93. The van der Waals surface area contributed by atoms with E-state index >= 15 is 0 Å². The van der Waals surface area contributed by atoms with Crippen molar-refractivity contribution in [3.05, 3.63) is 0 Å². The molecule has 2 heterocycles. The molecule has 0 spiro atoms. The Hall–Kier alpha value is -1.14. The first-order chi connectivity index (χ1) is 11.7. The van der Waals surface area contributed by atoms with Gasteiger partial charge in [0.05, 0.1) is 24.7 Å². The van der Waals surface area contributed by atoms with Crippen LogP contribution in [0.5, 0.6) is 0 Å². The first-order valence-electron chi connectivity index (χ1n) is 9.49. The number of aliphatic hydroxyl groups is 2. The fourth-order valence-electron chi connectivity index (χ4n) is 6.31. The molecule has 25 heavy (non-hydrogen) atoms. The third-order valence-electron chi connectivity index (χ3n) is 7.69. The Morgan fingerprint density at radius 1 is 1.08 bits per heavy atom. The van der Waals surface area contributed by atoms with Crippen molar-refractivity contribution < 1.29 is 29.3 Å². The molecule has 0 bridgehead atoms. The summed E-state index contributed by atoms with van der Waals surface area (Å²) >= 11 is 0. The van der Waals surface area contributed by atoms with Gasteiger partial charge in [0.15, 0.2) is 0 Å². The van der Waals surface area contributed by atoms with E-state index in [1.165, 1.54) is 0 Å². The van der Waals surface area contributed by atoms with Crippen LogP contribution < -0.4 is 0 Å². The predicted octanol–water partition coefficient (Wildman–Crippen LogP) is 1.42. The zero-order valence-electron chi connectivity index (χ0n) is 14.9. The van der Waals surface area contributed by atoms with E-state index in [9.17, 15) is 19.8 Å². The summed E-state index contributed by atoms with van der Waals surface area (Å²) in [5.41, 5.74) is -0.869. The van der Waals surface area contributed by atoms with Crippen molar-refractivity contribution in [1.82, 2.24) is 0 Å². The highest BCUT2D eigenvalue weighted by atomic mass is 16.6. The maximum atomic E-state index is 12.6. The van der Waals surface area contributed by atoms with Crippen LogP contribution in [0.25, 0.3) is 0 Å². The third-order valence-corrected chi connectivity index (χ3v) is 7.69. The van der Waals surface area contributed by atoms with Gasteiger partial charge in [-0.3, -0.25) is 9.59 Å². The Balaban J connectivity index is 1.70. The molecule has 2 saturated heterocycles. The summed E-state index contributed by atoms with van der Waals surface area (Å²) in [5.74, 6) is -0.234. The fourth-order valence-corrected chi connectivity index (χ4v) is 6.31. The fraction of sp³-hybridized carbons (Fsp3) is 0.895. The quantitative estimate of drug-likeness (QED) is 0.641. The highest BCUT2D eigenvalue weighted by Gasteiger charge is 2.61. The molecule has 0 unspecified atom stereocenters. The molecule has 8 atom stereocenters. The highest BCUT2D eigenvalue weighted by Crippen LogP contribution is 2.59. The molecule has 2 saturated carbocycles. The lowest BCUT2D eigenvalue weighted by atomic mass is 9.50. The normalized spacial score (nSPS) is 52.8. The molecular formula is C19H28O6. The smallest absolute Gasteiger partial charge is 0.309 e. The van der Waals surface area contributed by atoms with Crippen molar-refractivity contribution >= 4 is 11.9 Å². The van der Waals surface area contributed by atoms with Crippen molar-refractivity contribution in [1.29, 1.82) is 0 Å². The van der Waals surface area contributed by atoms with E-state index in [1.807, 2.05) is 6.92 Å². The summed E-state index contributed by atoms with van der Waals surface area (Å²) in [6, 6.07) is 0. The maximum absolute atomic E-state index is 12.6. The Morgan fingerprint density at radius 2 is 1.84 bits per heavy atom. The first-order valence-corrected chi connectivity index (χ1v) is 9.49. The minimum atomic E-state index is -0.869. The van der Waals surface area contributed by atoms with E-state index in [1.54, 1.807) is 0 Å². The predicted molar refractivity (Wildman–Crippen MR) is 87.2 cm³/mol. The number of fused-ring (bicyclic) bond motifs is 5. The van der Waals surface area contributed by atoms with Gasteiger partial charge in [-0.2, -0.15) is 0 Å². The average Bonchev–Trinajstić information content (AvgIpc) is 2.63. The number of hydrogen-bond acceptors (Lipinski definition) is 6. The van der Waals surface area contributed by atoms with Crippen molar-refractivity contribution in [2.24, 2.45) is 29.1 Å². The molecular weight excluding hydrogens is 324 g/mol. The summed E-state index contributed by atoms with van der Waals surface area (Å²) in [6.07, 6.45) is 1.81. The molecule has 6 nitrogen and oxygen atoms in total. The van der Waals surface area contributed by atoms with Gasteiger partial charge in [0.25, 0.3) is 0 Å². The Labute approximate surface area is 147 Å². The van der Waals surface area contributed by atoms with Gasteiger partial charge >= 0.3 is 11.9 Å². The van der Waals surface area contributed by atoms with Crippen LogP contribution in [0.4, 0.5) is 0 Å². The molecule has 0 radical (unpaired) electrons. The number of ether oxygens (including phenoxy) is 2. The Bertz CT molecular complexity index is 590. The van der Waals surface area contributed by atoms with Gasteiger partial charge in [0, 0.05) is 18.3 Å². The SMILES string of the molecule is C[C@]12C[C@@H](O)[C@@H](O)C[C@@H]1C(=O)OC[C@@H]1[C@@H]2CC[C@]2(C)OC(=O)CC[C@@H]12. The second kappa shape index (κ2) is 5.68. The summed E-state index contributed by atoms with van der Waals surface area (Å²) in [5, 5.41) is 20.4. The zero-order valence-corrected chi connectivity index (χ0v) is 14.9. The zero-order chi connectivity index (χ0) is 18.0. The molecule has 2 N–H and O–H groups in total.